The number of carboxylic acid groups (broad SMARTS) is 2. The molecular formula is C23H14K2N4O12S2. The second kappa shape index (κ2) is 14.5. The smallest absolute Gasteiger partial charge is 0.744 e. The fraction of sp³-hybridized carbons (Fsp3) is 0. The summed E-state index contributed by atoms with van der Waals surface area (Å²) in [7, 11) is -9.55. The summed E-state index contributed by atoms with van der Waals surface area (Å²) in [5.74, 6) is -4.15. The van der Waals surface area contributed by atoms with Crippen LogP contribution < -0.4 is 113 Å². The van der Waals surface area contributed by atoms with Gasteiger partial charge in [0.15, 0.2) is 11.4 Å². The first-order chi connectivity index (χ1) is 19.1. The first kappa shape index (κ1) is 37.3. The van der Waals surface area contributed by atoms with Gasteiger partial charge in [-0.25, -0.2) is 31.1 Å². The van der Waals surface area contributed by atoms with Crippen LogP contribution in [0.2, 0.25) is 0 Å². The molecule has 1 aromatic heterocycles. The van der Waals surface area contributed by atoms with E-state index in [1.165, 1.54) is 0 Å². The van der Waals surface area contributed by atoms with E-state index in [1.807, 2.05) is 0 Å². The minimum absolute atomic E-state index is 0. The Balaban J connectivity index is 0.00000323. The molecule has 2 heterocycles. The number of aromatic amines is 1. The number of allylic oxidation sites excluding steroid dienone is 2. The zero-order chi connectivity index (χ0) is 30.3. The van der Waals surface area contributed by atoms with Crippen molar-refractivity contribution in [2.24, 2.45) is 5.10 Å². The first-order valence-corrected chi connectivity index (χ1v) is 13.7. The molecule has 3 aromatic rings. The monoisotopic (exact) mass is 680 g/mol. The van der Waals surface area contributed by atoms with Crippen molar-refractivity contribution in [1.29, 1.82) is 0 Å². The maximum atomic E-state index is 12.9. The van der Waals surface area contributed by atoms with Gasteiger partial charge in [0.1, 0.15) is 20.2 Å². The standard InChI is InChI=1S/C23H16N4O12S2.2K/c28-20-16(18(22(30)31)24-26(20)12-4-8-14(9-5-12)40(34,35)36)2-1-3-17-19(23(32)33)25-27(21(17)29)13-6-10-15(11-7-13)41(37,38)39;;/h1-11,24H,(H,30,31)(H,32,33)(H,34,35,36)(H,37,38,39);;/q;2*+1/p-2/b2-1+,17-3+;;. The van der Waals surface area contributed by atoms with Crippen LogP contribution in [0, 0.1) is 0 Å². The van der Waals surface area contributed by atoms with Crippen molar-refractivity contribution >= 4 is 55.6 Å². The van der Waals surface area contributed by atoms with Crippen LogP contribution in [-0.4, -0.2) is 69.5 Å². The normalized spacial score (nSPS) is 14.4. The minimum Gasteiger partial charge on any atom is -0.744 e. The molecule has 1 aliphatic heterocycles. The summed E-state index contributed by atoms with van der Waals surface area (Å²) in [5, 5.41) is 25.7. The van der Waals surface area contributed by atoms with Gasteiger partial charge in [-0.05, 0) is 60.7 Å². The molecule has 4 rings (SSSR count). The third kappa shape index (κ3) is 8.23. The maximum absolute atomic E-state index is 12.9. The van der Waals surface area contributed by atoms with Crippen LogP contribution in [0.15, 0.2) is 85.9 Å². The molecule has 20 heteroatoms. The molecule has 0 saturated carbocycles. The Labute approximate surface area is 327 Å². The summed E-state index contributed by atoms with van der Waals surface area (Å²) in [4.78, 5) is 48.1. The Morgan fingerprint density at radius 2 is 1.30 bits per heavy atom. The fourth-order valence-electron chi connectivity index (χ4n) is 3.60. The number of carbonyl (C=O) groups excluding carboxylic acids is 1. The fourth-order valence-corrected chi connectivity index (χ4v) is 4.54. The average Bonchev–Trinajstić information content (AvgIpc) is 3.40. The molecule has 0 spiro atoms. The van der Waals surface area contributed by atoms with Crippen LogP contribution in [0.4, 0.5) is 5.69 Å². The number of aromatic nitrogens is 2. The van der Waals surface area contributed by atoms with Gasteiger partial charge < -0.3 is 19.3 Å². The van der Waals surface area contributed by atoms with E-state index in [4.69, 9.17) is 0 Å². The van der Waals surface area contributed by atoms with Crippen molar-refractivity contribution in [3.63, 3.8) is 0 Å². The summed E-state index contributed by atoms with van der Waals surface area (Å²) in [6.45, 7) is 0. The summed E-state index contributed by atoms with van der Waals surface area (Å²) in [6, 6.07) is 7.94. The molecule has 43 heavy (non-hydrogen) atoms. The number of hydrogen-bond donors (Lipinski definition) is 3. The molecule has 0 fully saturated rings. The van der Waals surface area contributed by atoms with Gasteiger partial charge in [-0.1, -0.05) is 6.08 Å². The molecule has 0 unspecified atom stereocenters. The van der Waals surface area contributed by atoms with Crippen LogP contribution in [0.3, 0.4) is 0 Å². The van der Waals surface area contributed by atoms with Crippen molar-refractivity contribution in [3.05, 3.63) is 87.9 Å². The number of aliphatic carboxylic acids is 1. The molecule has 0 aliphatic carbocycles. The Bertz CT molecular complexity index is 1980. The van der Waals surface area contributed by atoms with Crippen molar-refractivity contribution in [1.82, 2.24) is 9.78 Å². The van der Waals surface area contributed by atoms with Crippen LogP contribution in [0.1, 0.15) is 16.1 Å². The number of aromatic carboxylic acids is 1. The summed E-state index contributed by atoms with van der Waals surface area (Å²) in [6.07, 6.45) is 2.96. The molecule has 0 radical (unpaired) electrons. The number of benzene rings is 2. The van der Waals surface area contributed by atoms with Gasteiger partial charge in [-0.2, -0.15) is 10.1 Å². The molecule has 1 aliphatic rings. The zero-order valence-corrected chi connectivity index (χ0v) is 29.9. The van der Waals surface area contributed by atoms with Crippen LogP contribution in [0.25, 0.3) is 11.8 Å². The predicted molar refractivity (Wildman–Crippen MR) is 135 cm³/mol. The van der Waals surface area contributed by atoms with E-state index in [-0.39, 0.29) is 114 Å². The van der Waals surface area contributed by atoms with Gasteiger partial charge in [0.2, 0.25) is 0 Å². The van der Waals surface area contributed by atoms with E-state index in [1.54, 1.807) is 0 Å². The van der Waals surface area contributed by atoms with Crippen LogP contribution >= 0.6 is 0 Å². The molecule has 0 atom stereocenters. The number of rotatable bonds is 8. The Morgan fingerprint density at radius 3 is 1.74 bits per heavy atom. The van der Waals surface area contributed by atoms with E-state index < -0.39 is 76.0 Å². The van der Waals surface area contributed by atoms with E-state index in [0.29, 0.717) is 5.01 Å². The van der Waals surface area contributed by atoms with Crippen LogP contribution in [-0.2, 0) is 29.8 Å². The molecule has 0 bridgehead atoms. The molecule has 16 nitrogen and oxygen atoms in total. The van der Waals surface area contributed by atoms with Crippen molar-refractivity contribution in [3.8, 4) is 5.69 Å². The molecular weight excluding hydrogens is 667 g/mol. The van der Waals surface area contributed by atoms with Crippen molar-refractivity contribution < 1.29 is 153 Å². The Hall–Kier alpha value is -1.90. The van der Waals surface area contributed by atoms with E-state index >= 15 is 0 Å². The van der Waals surface area contributed by atoms with Gasteiger partial charge in [0, 0.05) is 0 Å². The molecule has 212 valence electrons. The zero-order valence-electron chi connectivity index (χ0n) is 22.0. The van der Waals surface area contributed by atoms with Crippen molar-refractivity contribution in [2.75, 3.05) is 5.01 Å². The van der Waals surface area contributed by atoms with Gasteiger partial charge in [0.25, 0.3) is 11.5 Å². The van der Waals surface area contributed by atoms with Crippen LogP contribution in [0.5, 0.6) is 0 Å². The second-order valence-electron chi connectivity index (χ2n) is 8.05. The van der Waals surface area contributed by atoms with Crippen molar-refractivity contribution in [2.45, 2.75) is 9.79 Å². The van der Waals surface area contributed by atoms with E-state index in [2.05, 4.69) is 10.2 Å². The number of carbonyl (C=O) groups is 3. The molecule has 0 saturated heterocycles. The summed E-state index contributed by atoms with van der Waals surface area (Å²) >= 11 is 0. The number of hydrazone groups is 1. The second-order valence-corrected chi connectivity index (χ2v) is 10.8. The Kier molecular flexibility index (Phi) is 12.5. The first-order valence-electron chi connectivity index (χ1n) is 10.9. The number of nitrogens with zero attached hydrogens (tertiary/aromatic N) is 3. The van der Waals surface area contributed by atoms with Gasteiger partial charge in [-0.3, -0.25) is 14.7 Å². The number of anilines is 1. The Morgan fingerprint density at radius 1 is 0.814 bits per heavy atom. The quantitative estimate of drug-likeness (QED) is 0.114. The maximum Gasteiger partial charge on any atom is 1.00 e. The minimum atomic E-state index is -4.78. The SMILES string of the molecule is O=C(O)C1=NN(c2ccc(S(=O)(=O)[O-])cc2)C(=O)/C1=C/C=C/c1c(C(=O)O)[nH]n(-c2ccc(S(=O)(=O)[O-])cc2)c1=O.[K+].[K+]. The largest absolute Gasteiger partial charge is 1.00 e. The number of amides is 1. The third-order valence-electron chi connectivity index (χ3n) is 5.50. The molecule has 2 aromatic carbocycles. The van der Waals surface area contributed by atoms with Gasteiger partial charge in [0.05, 0.1) is 32.3 Å². The van der Waals surface area contributed by atoms with E-state index in [9.17, 15) is 55.3 Å². The topological polar surface area (TPSA) is 259 Å². The third-order valence-corrected chi connectivity index (χ3v) is 7.20. The molecule has 3 N–H and O–H groups in total. The number of nitrogens with one attached hydrogen (secondary N) is 1. The summed E-state index contributed by atoms with van der Waals surface area (Å²) in [5.41, 5.74) is -3.23. The number of hydrogen-bond acceptors (Lipinski definition) is 11. The molecule has 1 amide bonds. The van der Waals surface area contributed by atoms with Gasteiger partial charge in [-0.15, -0.1) is 0 Å². The number of H-pyrrole nitrogens is 1. The number of carboxylic acids is 2. The van der Waals surface area contributed by atoms with Gasteiger partial charge >= 0.3 is 115 Å². The summed E-state index contributed by atoms with van der Waals surface area (Å²) < 4.78 is 67.5. The average molecular weight is 681 g/mol. The predicted octanol–water partition coefficient (Wildman–Crippen LogP) is -5.89. The van der Waals surface area contributed by atoms with E-state index in [0.717, 1.165) is 71.4 Å².